The van der Waals surface area contributed by atoms with E-state index in [9.17, 15) is 14.4 Å². The molecule has 0 fully saturated rings. The number of hydrogen-bond donors (Lipinski definition) is 3. The molecule has 1 aliphatic carbocycles. The molecule has 0 bridgehead atoms. The standard InChI is InChI=1S/C26H27N3O5S/c1-15(23-28-21(14-35-23)24(31)32)27-22(30)12-26(2,3)29-25(33)34-13-20-18-10-6-4-8-16(18)17-9-5-7-11-19(17)20/h4-11,14-15,20H,12-13H2,1-3H3,(H,27,30)(H,29,33)(H,31,32). The summed E-state index contributed by atoms with van der Waals surface area (Å²) in [5.41, 5.74) is 3.65. The fourth-order valence-electron chi connectivity index (χ4n) is 4.30. The van der Waals surface area contributed by atoms with Gasteiger partial charge in [-0.2, -0.15) is 0 Å². The zero-order valence-corrected chi connectivity index (χ0v) is 20.5. The number of fused-ring (bicyclic) bond motifs is 3. The van der Waals surface area contributed by atoms with E-state index in [2.05, 4.69) is 39.9 Å². The first-order valence-corrected chi connectivity index (χ1v) is 12.1. The minimum Gasteiger partial charge on any atom is -0.476 e. The molecule has 4 rings (SSSR count). The molecule has 1 unspecified atom stereocenters. The Bertz CT molecular complexity index is 1220. The number of carboxylic acid groups (broad SMARTS) is 1. The van der Waals surface area contributed by atoms with E-state index in [0.29, 0.717) is 5.01 Å². The highest BCUT2D eigenvalue weighted by Gasteiger charge is 2.30. The quantitative estimate of drug-likeness (QED) is 0.418. The van der Waals surface area contributed by atoms with E-state index in [-0.39, 0.29) is 30.5 Å². The number of hydrogen-bond acceptors (Lipinski definition) is 6. The maximum atomic E-state index is 12.6. The molecule has 182 valence electrons. The van der Waals surface area contributed by atoms with Gasteiger partial charge < -0.3 is 20.5 Å². The Morgan fingerprint density at radius 1 is 1.09 bits per heavy atom. The summed E-state index contributed by atoms with van der Waals surface area (Å²) < 4.78 is 5.59. The molecule has 0 aliphatic heterocycles. The molecule has 8 nitrogen and oxygen atoms in total. The van der Waals surface area contributed by atoms with Gasteiger partial charge in [-0.15, -0.1) is 11.3 Å². The number of ether oxygens (including phenoxy) is 1. The summed E-state index contributed by atoms with van der Waals surface area (Å²) in [7, 11) is 0. The van der Waals surface area contributed by atoms with E-state index < -0.39 is 23.6 Å². The normalized spacial score (nSPS) is 13.5. The lowest BCUT2D eigenvalue weighted by Crippen LogP contribution is -2.47. The summed E-state index contributed by atoms with van der Waals surface area (Å²) in [6.45, 7) is 5.40. The summed E-state index contributed by atoms with van der Waals surface area (Å²) in [6.07, 6.45) is -0.581. The van der Waals surface area contributed by atoms with Gasteiger partial charge in [0.1, 0.15) is 11.6 Å². The monoisotopic (exact) mass is 493 g/mol. The van der Waals surface area contributed by atoms with Gasteiger partial charge in [0.15, 0.2) is 5.69 Å². The molecule has 0 radical (unpaired) electrons. The summed E-state index contributed by atoms with van der Waals surface area (Å²) in [5, 5.41) is 16.5. The average molecular weight is 494 g/mol. The lowest BCUT2D eigenvalue weighted by molar-refractivity contribution is -0.122. The van der Waals surface area contributed by atoms with E-state index in [1.807, 2.05) is 24.3 Å². The number of aromatic carboxylic acids is 1. The van der Waals surface area contributed by atoms with Gasteiger partial charge in [-0.25, -0.2) is 14.6 Å². The minimum absolute atomic E-state index is 0.0126. The molecule has 2 aromatic carbocycles. The van der Waals surface area contributed by atoms with Crippen LogP contribution in [0.4, 0.5) is 4.79 Å². The smallest absolute Gasteiger partial charge is 0.407 e. The molecule has 9 heteroatoms. The van der Waals surface area contributed by atoms with Crippen molar-refractivity contribution < 1.29 is 24.2 Å². The van der Waals surface area contributed by atoms with E-state index in [0.717, 1.165) is 22.3 Å². The van der Waals surface area contributed by atoms with Gasteiger partial charge in [-0.1, -0.05) is 48.5 Å². The Kier molecular flexibility index (Phi) is 6.88. The van der Waals surface area contributed by atoms with Gasteiger partial charge in [-0.3, -0.25) is 4.79 Å². The number of alkyl carbamates (subject to hydrolysis) is 1. The van der Waals surface area contributed by atoms with Crippen molar-refractivity contribution in [3.8, 4) is 11.1 Å². The lowest BCUT2D eigenvalue weighted by atomic mass is 9.98. The predicted molar refractivity (Wildman–Crippen MR) is 133 cm³/mol. The maximum absolute atomic E-state index is 12.6. The Hall–Kier alpha value is -3.72. The van der Waals surface area contributed by atoms with Crippen LogP contribution >= 0.6 is 11.3 Å². The second-order valence-electron chi connectivity index (χ2n) is 9.18. The zero-order chi connectivity index (χ0) is 25.2. The highest BCUT2D eigenvalue weighted by atomic mass is 32.1. The maximum Gasteiger partial charge on any atom is 0.407 e. The molecular weight excluding hydrogens is 466 g/mol. The van der Waals surface area contributed by atoms with Crippen LogP contribution in [0.3, 0.4) is 0 Å². The SMILES string of the molecule is CC(NC(=O)CC(C)(C)NC(=O)OCC1c2ccccc2-c2ccccc21)c1nc(C(=O)O)cs1. The first-order chi connectivity index (χ1) is 16.6. The van der Waals surface area contributed by atoms with Gasteiger partial charge in [0.2, 0.25) is 5.91 Å². The number of nitrogens with zero attached hydrogens (tertiary/aromatic N) is 1. The Balaban J connectivity index is 1.31. The van der Waals surface area contributed by atoms with Crippen LogP contribution in [0.1, 0.15) is 65.8 Å². The molecule has 3 aromatic rings. The number of carbonyl (C=O) groups excluding carboxylic acids is 2. The van der Waals surface area contributed by atoms with E-state index in [4.69, 9.17) is 9.84 Å². The molecular formula is C26H27N3O5S. The van der Waals surface area contributed by atoms with Crippen LogP contribution in [0.25, 0.3) is 11.1 Å². The molecule has 1 aliphatic rings. The first kappa shape index (κ1) is 24.4. The van der Waals surface area contributed by atoms with Crippen LogP contribution < -0.4 is 10.6 Å². The van der Waals surface area contributed by atoms with Crippen LogP contribution in [-0.2, 0) is 9.53 Å². The zero-order valence-electron chi connectivity index (χ0n) is 19.7. The molecule has 3 N–H and O–H groups in total. The van der Waals surface area contributed by atoms with E-state index in [1.54, 1.807) is 20.8 Å². The fraction of sp³-hybridized carbons (Fsp3) is 0.308. The van der Waals surface area contributed by atoms with E-state index in [1.165, 1.54) is 16.7 Å². The Morgan fingerprint density at radius 2 is 1.69 bits per heavy atom. The van der Waals surface area contributed by atoms with Crippen LogP contribution in [0, 0.1) is 0 Å². The van der Waals surface area contributed by atoms with Gasteiger partial charge in [0.05, 0.1) is 6.04 Å². The van der Waals surface area contributed by atoms with Crippen molar-refractivity contribution >= 4 is 29.3 Å². The number of carbonyl (C=O) groups is 3. The number of thiazole rings is 1. The summed E-state index contributed by atoms with van der Waals surface area (Å²) in [5.74, 6) is -1.46. The molecule has 0 saturated carbocycles. The third kappa shape index (κ3) is 5.51. The second-order valence-corrected chi connectivity index (χ2v) is 10.1. The van der Waals surface area contributed by atoms with Gasteiger partial charge in [0, 0.05) is 23.3 Å². The second kappa shape index (κ2) is 9.87. The summed E-state index contributed by atoms with van der Waals surface area (Å²) >= 11 is 1.17. The van der Waals surface area contributed by atoms with Crippen LogP contribution in [0.15, 0.2) is 53.9 Å². The number of nitrogens with one attached hydrogen (secondary N) is 2. The molecule has 35 heavy (non-hydrogen) atoms. The van der Waals surface area contributed by atoms with Gasteiger partial charge in [-0.05, 0) is 43.0 Å². The van der Waals surface area contributed by atoms with Crippen LogP contribution in [0.2, 0.25) is 0 Å². The average Bonchev–Trinajstić information content (AvgIpc) is 3.41. The predicted octanol–water partition coefficient (Wildman–Crippen LogP) is 4.73. The molecule has 0 saturated heterocycles. The highest BCUT2D eigenvalue weighted by molar-refractivity contribution is 7.09. The van der Waals surface area contributed by atoms with Crippen molar-refractivity contribution in [2.24, 2.45) is 0 Å². The minimum atomic E-state index is -1.11. The summed E-state index contributed by atoms with van der Waals surface area (Å²) in [6, 6.07) is 15.8. The third-order valence-electron chi connectivity index (χ3n) is 5.88. The number of carboxylic acids is 1. The molecule has 2 amide bonds. The third-order valence-corrected chi connectivity index (χ3v) is 6.90. The number of amides is 2. The molecule has 1 atom stereocenters. The molecule has 1 heterocycles. The van der Waals surface area contributed by atoms with Crippen molar-refractivity contribution in [2.45, 2.75) is 44.7 Å². The number of aromatic nitrogens is 1. The van der Waals surface area contributed by atoms with E-state index >= 15 is 0 Å². The van der Waals surface area contributed by atoms with Crippen molar-refractivity contribution in [3.05, 3.63) is 75.7 Å². The Labute approximate surface area is 207 Å². The van der Waals surface area contributed by atoms with Gasteiger partial charge in [0.25, 0.3) is 0 Å². The largest absolute Gasteiger partial charge is 0.476 e. The molecule has 1 aromatic heterocycles. The Morgan fingerprint density at radius 3 is 2.26 bits per heavy atom. The topological polar surface area (TPSA) is 118 Å². The van der Waals surface area contributed by atoms with Crippen LogP contribution in [-0.4, -0.2) is 40.2 Å². The van der Waals surface area contributed by atoms with Crippen molar-refractivity contribution in [1.82, 2.24) is 15.6 Å². The fourth-order valence-corrected chi connectivity index (χ4v) is 5.10. The van der Waals surface area contributed by atoms with Crippen molar-refractivity contribution in [3.63, 3.8) is 0 Å². The lowest BCUT2D eigenvalue weighted by Gasteiger charge is -2.26. The molecule has 0 spiro atoms. The first-order valence-electron chi connectivity index (χ1n) is 11.3. The highest BCUT2D eigenvalue weighted by Crippen LogP contribution is 2.44. The number of benzene rings is 2. The number of rotatable bonds is 8. The van der Waals surface area contributed by atoms with Crippen molar-refractivity contribution in [2.75, 3.05) is 6.61 Å². The summed E-state index contributed by atoms with van der Waals surface area (Å²) in [4.78, 5) is 40.2. The van der Waals surface area contributed by atoms with Crippen molar-refractivity contribution in [1.29, 1.82) is 0 Å². The van der Waals surface area contributed by atoms with Gasteiger partial charge >= 0.3 is 12.1 Å². The van der Waals surface area contributed by atoms with Crippen LogP contribution in [0.5, 0.6) is 0 Å².